The standard InChI is InChI=1S/C16H28O4/c17-14(18)10-6-4-2-1-3-5-7-11-16(15(19)20)12-8-9-13-16/h1-13H2,(H,17,18)(H,19,20). The van der Waals surface area contributed by atoms with Crippen molar-refractivity contribution in [3.8, 4) is 0 Å². The van der Waals surface area contributed by atoms with Gasteiger partial charge in [-0.1, -0.05) is 51.4 Å². The molecule has 0 amide bonds. The molecule has 0 radical (unpaired) electrons. The Balaban J connectivity index is 1.99. The van der Waals surface area contributed by atoms with E-state index in [1.807, 2.05) is 0 Å². The van der Waals surface area contributed by atoms with E-state index in [4.69, 9.17) is 5.11 Å². The molecule has 1 saturated carbocycles. The molecule has 116 valence electrons. The molecule has 2 N–H and O–H groups in total. The van der Waals surface area contributed by atoms with Crippen LogP contribution in [0.1, 0.15) is 83.5 Å². The number of carbonyl (C=O) groups is 2. The summed E-state index contributed by atoms with van der Waals surface area (Å²) in [7, 11) is 0. The van der Waals surface area contributed by atoms with Crippen molar-refractivity contribution in [1.29, 1.82) is 0 Å². The second-order valence-corrected chi connectivity index (χ2v) is 6.16. The second kappa shape index (κ2) is 8.98. The van der Waals surface area contributed by atoms with Crippen LogP contribution >= 0.6 is 0 Å². The maximum atomic E-state index is 11.4. The molecule has 0 unspecified atom stereocenters. The molecule has 0 aliphatic heterocycles. The predicted molar refractivity (Wildman–Crippen MR) is 77.7 cm³/mol. The normalized spacial score (nSPS) is 17.2. The maximum Gasteiger partial charge on any atom is 0.309 e. The van der Waals surface area contributed by atoms with Crippen molar-refractivity contribution < 1.29 is 19.8 Å². The molecule has 0 aromatic carbocycles. The van der Waals surface area contributed by atoms with Gasteiger partial charge in [-0.3, -0.25) is 9.59 Å². The summed E-state index contributed by atoms with van der Waals surface area (Å²) < 4.78 is 0. The molecule has 0 atom stereocenters. The van der Waals surface area contributed by atoms with Crippen LogP contribution in [0.25, 0.3) is 0 Å². The molecule has 20 heavy (non-hydrogen) atoms. The van der Waals surface area contributed by atoms with Crippen LogP contribution in [-0.2, 0) is 9.59 Å². The fourth-order valence-electron chi connectivity index (χ4n) is 3.25. The highest BCUT2D eigenvalue weighted by atomic mass is 16.4. The van der Waals surface area contributed by atoms with Gasteiger partial charge < -0.3 is 10.2 Å². The summed E-state index contributed by atoms with van der Waals surface area (Å²) in [6.07, 6.45) is 12.2. The third-order valence-electron chi connectivity index (χ3n) is 4.56. The quantitative estimate of drug-likeness (QED) is 0.557. The van der Waals surface area contributed by atoms with Crippen LogP contribution in [0.3, 0.4) is 0 Å². The van der Waals surface area contributed by atoms with Gasteiger partial charge in [0.1, 0.15) is 0 Å². The number of carboxylic acid groups (broad SMARTS) is 2. The molecule has 1 aliphatic carbocycles. The molecule has 0 saturated heterocycles. The van der Waals surface area contributed by atoms with Gasteiger partial charge in [0.15, 0.2) is 0 Å². The number of rotatable bonds is 11. The maximum absolute atomic E-state index is 11.4. The highest BCUT2D eigenvalue weighted by molar-refractivity contribution is 5.74. The largest absolute Gasteiger partial charge is 0.481 e. The number of hydrogen-bond donors (Lipinski definition) is 2. The van der Waals surface area contributed by atoms with E-state index in [9.17, 15) is 14.7 Å². The average molecular weight is 284 g/mol. The zero-order chi connectivity index (χ0) is 14.8. The minimum absolute atomic E-state index is 0.279. The van der Waals surface area contributed by atoms with Crippen molar-refractivity contribution >= 4 is 11.9 Å². The summed E-state index contributed by atoms with van der Waals surface area (Å²) in [5.74, 6) is -1.30. The van der Waals surface area contributed by atoms with Crippen molar-refractivity contribution in [3.05, 3.63) is 0 Å². The molecular formula is C16H28O4. The van der Waals surface area contributed by atoms with Gasteiger partial charge in [-0.05, 0) is 25.7 Å². The summed E-state index contributed by atoms with van der Waals surface area (Å²) in [4.78, 5) is 21.7. The molecule has 0 heterocycles. The van der Waals surface area contributed by atoms with Gasteiger partial charge in [0.2, 0.25) is 0 Å². The molecule has 0 aromatic rings. The summed E-state index contributed by atoms with van der Waals surface area (Å²) >= 11 is 0. The van der Waals surface area contributed by atoms with Crippen molar-refractivity contribution in [2.24, 2.45) is 5.41 Å². The molecule has 0 aromatic heterocycles. The monoisotopic (exact) mass is 284 g/mol. The molecule has 0 spiro atoms. The minimum atomic E-state index is -0.708. The second-order valence-electron chi connectivity index (χ2n) is 6.16. The number of aliphatic carboxylic acids is 2. The van der Waals surface area contributed by atoms with E-state index >= 15 is 0 Å². The Morgan fingerprint density at radius 3 is 1.80 bits per heavy atom. The van der Waals surface area contributed by atoms with E-state index in [1.165, 1.54) is 0 Å². The average Bonchev–Trinajstić information content (AvgIpc) is 2.86. The van der Waals surface area contributed by atoms with E-state index in [0.717, 1.165) is 77.0 Å². The first kappa shape index (κ1) is 17.0. The SMILES string of the molecule is O=C(O)CCCCCCCCCC1(C(=O)O)CCCC1. The highest BCUT2D eigenvalue weighted by Crippen LogP contribution is 2.42. The lowest BCUT2D eigenvalue weighted by Gasteiger charge is -2.23. The van der Waals surface area contributed by atoms with Crippen molar-refractivity contribution in [3.63, 3.8) is 0 Å². The molecule has 1 aliphatic rings. The van der Waals surface area contributed by atoms with E-state index in [1.54, 1.807) is 0 Å². The third-order valence-corrected chi connectivity index (χ3v) is 4.56. The fourth-order valence-corrected chi connectivity index (χ4v) is 3.25. The van der Waals surface area contributed by atoms with Crippen LogP contribution in [0.15, 0.2) is 0 Å². The Morgan fingerprint density at radius 1 is 0.800 bits per heavy atom. The zero-order valence-corrected chi connectivity index (χ0v) is 12.4. The van der Waals surface area contributed by atoms with E-state index in [0.29, 0.717) is 0 Å². The molecule has 1 rings (SSSR count). The van der Waals surface area contributed by atoms with Crippen LogP contribution in [0.2, 0.25) is 0 Å². The summed E-state index contributed by atoms with van der Waals surface area (Å²) in [6, 6.07) is 0. The topological polar surface area (TPSA) is 74.6 Å². The van der Waals surface area contributed by atoms with Crippen LogP contribution in [0, 0.1) is 5.41 Å². The van der Waals surface area contributed by atoms with Gasteiger partial charge in [0, 0.05) is 6.42 Å². The number of hydrogen-bond acceptors (Lipinski definition) is 2. The first-order valence-electron chi connectivity index (χ1n) is 8.02. The lowest BCUT2D eigenvalue weighted by Crippen LogP contribution is -2.27. The minimum Gasteiger partial charge on any atom is -0.481 e. The smallest absolute Gasteiger partial charge is 0.309 e. The van der Waals surface area contributed by atoms with Crippen molar-refractivity contribution in [2.45, 2.75) is 83.5 Å². The van der Waals surface area contributed by atoms with Crippen molar-refractivity contribution in [2.75, 3.05) is 0 Å². The number of carboxylic acids is 2. The number of unbranched alkanes of at least 4 members (excludes halogenated alkanes) is 6. The third kappa shape index (κ3) is 5.93. The lowest BCUT2D eigenvalue weighted by atomic mass is 9.81. The van der Waals surface area contributed by atoms with Crippen LogP contribution in [0.4, 0.5) is 0 Å². The Labute approximate surface area is 121 Å². The predicted octanol–water partition coefficient (Wildman–Crippen LogP) is 4.23. The van der Waals surface area contributed by atoms with Gasteiger partial charge in [-0.25, -0.2) is 0 Å². The van der Waals surface area contributed by atoms with Gasteiger partial charge in [-0.2, -0.15) is 0 Å². The first-order chi connectivity index (χ1) is 9.57. The van der Waals surface area contributed by atoms with E-state index in [2.05, 4.69) is 0 Å². The van der Waals surface area contributed by atoms with Crippen LogP contribution in [-0.4, -0.2) is 22.2 Å². The molecule has 1 fully saturated rings. The van der Waals surface area contributed by atoms with Crippen molar-refractivity contribution in [1.82, 2.24) is 0 Å². The highest BCUT2D eigenvalue weighted by Gasteiger charge is 2.40. The van der Waals surface area contributed by atoms with Crippen LogP contribution < -0.4 is 0 Å². The Morgan fingerprint density at radius 2 is 1.30 bits per heavy atom. The fraction of sp³-hybridized carbons (Fsp3) is 0.875. The Kier molecular flexibility index (Phi) is 7.63. The Hall–Kier alpha value is -1.06. The Bertz CT molecular complexity index is 306. The molecule has 4 heteroatoms. The van der Waals surface area contributed by atoms with E-state index < -0.39 is 17.4 Å². The summed E-state index contributed by atoms with van der Waals surface area (Å²) in [6.45, 7) is 0. The van der Waals surface area contributed by atoms with Gasteiger partial charge in [-0.15, -0.1) is 0 Å². The zero-order valence-electron chi connectivity index (χ0n) is 12.4. The van der Waals surface area contributed by atoms with Gasteiger partial charge >= 0.3 is 11.9 Å². The molecule has 0 bridgehead atoms. The lowest BCUT2D eigenvalue weighted by molar-refractivity contribution is -0.149. The summed E-state index contributed by atoms with van der Waals surface area (Å²) in [5.41, 5.74) is -0.415. The summed E-state index contributed by atoms with van der Waals surface area (Å²) in [5, 5.41) is 17.9. The molecule has 4 nitrogen and oxygen atoms in total. The van der Waals surface area contributed by atoms with Gasteiger partial charge in [0.25, 0.3) is 0 Å². The van der Waals surface area contributed by atoms with Crippen LogP contribution in [0.5, 0.6) is 0 Å². The van der Waals surface area contributed by atoms with E-state index in [-0.39, 0.29) is 6.42 Å². The van der Waals surface area contributed by atoms with Gasteiger partial charge in [0.05, 0.1) is 5.41 Å². The molecular weight excluding hydrogens is 256 g/mol. The first-order valence-corrected chi connectivity index (χ1v) is 8.02.